The molecule has 0 aliphatic heterocycles. The largest absolute Gasteiger partial charge is 0.465 e. The van der Waals surface area contributed by atoms with Crippen LogP contribution < -0.4 is 5.32 Å². The first kappa shape index (κ1) is 15.2. The normalized spacial score (nSPS) is 9.89. The Kier molecular flexibility index (Phi) is 5.05. The molecule has 0 saturated carbocycles. The second-order valence-electron chi connectivity index (χ2n) is 3.81. The summed E-state index contributed by atoms with van der Waals surface area (Å²) in [6.07, 6.45) is 0. The Bertz CT molecular complexity index is 520. The molecule has 0 saturated heterocycles. The first-order valence-electron chi connectivity index (χ1n) is 5.48. The first-order valence-corrected chi connectivity index (χ1v) is 6.30. The molecule has 0 spiro atoms. The molecule has 1 aromatic heterocycles. The van der Waals surface area contributed by atoms with Crippen molar-refractivity contribution in [3.8, 4) is 0 Å². The van der Waals surface area contributed by atoms with Gasteiger partial charge in [-0.25, -0.2) is 4.79 Å². The van der Waals surface area contributed by atoms with E-state index >= 15 is 0 Å². The van der Waals surface area contributed by atoms with Gasteiger partial charge in [-0.2, -0.15) is 0 Å². The van der Waals surface area contributed by atoms with Gasteiger partial charge < -0.3 is 14.8 Å². The highest BCUT2D eigenvalue weighted by molar-refractivity contribution is 7.16. The Hall–Kier alpha value is -1.89. The van der Waals surface area contributed by atoms with Crippen LogP contribution in [0.4, 0.5) is 5.00 Å². The fourth-order valence-electron chi connectivity index (χ4n) is 1.39. The molecule has 1 N–H and O–H groups in total. The van der Waals surface area contributed by atoms with Crippen molar-refractivity contribution in [1.29, 1.82) is 0 Å². The van der Waals surface area contributed by atoms with Gasteiger partial charge in [-0.05, 0) is 19.4 Å². The van der Waals surface area contributed by atoms with Crippen LogP contribution in [0.5, 0.6) is 0 Å². The SMILES string of the molecule is COC(=O)c1c(NC(=O)COC(C)=O)sc(C)c1C. The Balaban J connectivity index is 2.89. The quantitative estimate of drug-likeness (QED) is 0.851. The Morgan fingerprint density at radius 3 is 2.42 bits per heavy atom. The molecule has 0 radical (unpaired) electrons. The standard InChI is InChI=1S/C12H15NO5S/c1-6-7(2)19-11(10(6)12(16)17-4)13-9(15)5-18-8(3)14/h5H2,1-4H3,(H,13,15). The summed E-state index contributed by atoms with van der Waals surface area (Å²) in [6, 6.07) is 0. The molecular weight excluding hydrogens is 270 g/mol. The predicted octanol–water partition coefficient (Wildman–Crippen LogP) is 1.65. The van der Waals surface area contributed by atoms with Crippen molar-refractivity contribution in [3.63, 3.8) is 0 Å². The molecule has 0 bridgehead atoms. The minimum absolute atomic E-state index is 0.334. The molecule has 0 aromatic carbocycles. The number of aryl methyl sites for hydroxylation is 1. The Labute approximate surface area is 114 Å². The van der Waals surface area contributed by atoms with Crippen molar-refractivity contribution >= 4 is 34.2 Å². The maximum absolute atomic E-state index is 11.7. The maximum atomic E-state index is 11.7. The molecule has 1 rings (SSSR count). The summed E-state index contributed by atoms with van der Waals surface area (Å²) >= 11 is 1.27. The number of thiophene rings is 1. The molecule has 19 heavy (non-hydrogen) atoms. The van der Waals surface area contributed by atoms with E-state index in [1.54, 1.807) is 6.92 Å². The number of rotatable bonds is 4. The molecule has 6 nitrogen and oxygen atoms in total. The molecule has 0 aliphatic rings. The van der Waals surface area contributed by atoms with Gasteiger partial charge in [0, 0.05) is 11.8 Å². The fraction of sp³-hybridized carbons (Fsp3) is 0.417. The van der Waals surface area contributed by atoms with Crippen LogP contribution in [0.15, 0.2) is 0 Å². The van der Waals surface area contributed by atoms with E-state index in [0.29, 0.717) is 10.6 Å². The number of anilines is 1. The van der Waals surface area contributed by atoms with Crippen molar-refractivity contribution < 1.29 is 23.9 Å². The van der Waals surface area contributed by atoms with E-state index in [0.717, 1.165) is 10.4 Å². The molecular formula is C12H15NO5S. The summed E-state index contributed by atoms with van der Waals surface area (Å²) in [6.45, 7) is 4.45. The second-order valence-corrected chi connectivity index (χ2v) is 5.03. The maximum Gasteiger partial charge on any atom is 0.341 e. The van der Waals surface area contributed by atoms with Crippen LogP contribution in [0.25, 0.3) is 0 Å². The summed E-state index contributed by atoms with van der Waals surface area (Å²) in [7, 11) is 1.28. The number of esters is 2. The molecule has 0 aliphatic carbocycles. The van der Waals surface area contributed by atoms with Crippen LogP contribution in [-0.2, 0) is 19.1 Å². The minimum Gasteiger partial charge on any atom is -0.465 e. The topological polar surface area (TPSA) is 81.7 Å². The highest BCUT2D eigenvalue weighted by Gasteiger charge is 2.21. The van der Waals surface area contributed by atoms with E-state index in [-0.39, 0.29) is 6.61 Å². The van der Waals surface area contributed by atoms with E-state index in [2.05, 4.69) is 14.8 Å². The Morgan fingerprint density at radius 2 is 1.89 bits per heavy atom. The number of nitrogens with one attached hydrogen (secondary N) is 1. The lowest BCUT2D eigenvalue weighted by atomic mass is 10.1. The zero-order valence-electron chi connectivity index (χ0n) is 11.2. The summed E-state index contributed by atoms with van der Waals surface area (Å²) in [4.78, 5) is 34.7. The van der Waals surface area contributed by atoms with Crippen molar-refractivity contribution in [1.82, 2.24) is 0 Å². The van der Waals surface area contributed by atoms with E-state index in [1.807, 2.05) is 6.92 Å². The summed E-state index contributed by atoms with van der Waals surface area (Å²) in [5.41, 5.74) is 1.10. The molecule has 1 heterocycles. The van der Waals surface area contributed by atoms with Gasteiger partial charge in [-0.1, -0.05) is 0 Å². The number of hydrogen-bond acceptors (Lipinski definition) is 6. The average Bonchev–Trinajstić information content (AvgIpc) is 2.61. The third-order valence-electron chi connectivity index (χ3n) is 2.43. The number of methoxy groups -OCH3 is 1. The van der Waals surface area contributed by atoms with Crippen LogP contribution in [0, 0.1) is 13.8 Å². The summed E-state index contributed by atoms with van der Waals surface area (Å²) in [5.74, 6) is -1.55. The highest BCUT2D eigenvalue weighted by atomic mass is 32.1. The average molecular weight is 285 g/mol. The van der Waals surface area contributed by atoms with Crippen LogP contribution >= 0.6 is 11.3 Å². The lowest BCUT2D eigenvalue weighted by Crippen LogP contribution is -2.20. The lowest BCUT2D eigenvalue weighted by Gasteiger charge is -2.06. The van der Waals surface area contributed by atoms with Gasteiger partial charge >= 0.3 is 11.9 Å². The van der Waals surface area contributed by atoms with Gasteiger partial charge in [-0.3, -0.25) is 9.59 Å². The molecule has 0 atom stereocenters. The fourth-order valence-corrected chi connectivity index (χ4v) is 2.46. The number of ether oxygens (including phenoxy) is 2. The van der Waals surface area contributed by atoms with E-state index < -0.39 is 17.8 Å². The van der Waals surface area contributed by atoms with Crippen molar-refractivity contribution in [2.45, 2.75) is 20.8 Å². The number of carbonyl (C=O) groups is 3. The van der Waals surface area contributed by atoms with Gasteiger partial charge in [-0.15, -0.1) is 11.3 Å². The van der Waals surface area contributed by atoms with Crippen LogP contribution in [0.1, 0.15) is 27.7 Å². The van der Waals surface area contributed by atoms with E-state index in [9.17, 15) is 14.4 Å². The van der Waals surface area contributed by atoms with E-state index in [4.69, 9.17) is 0 Å². The van der Waals surface area contributed by atoms with Crippen LogP contribution in [0.2, 0.25) is 0 Å². The van der Waals surface area contributed by atoms with Crippen LogP contribution in [-0.4, -0.2) is 31.6 Å². The van der Waals surface area contributed by atoms with E-state index in [1.165, 1.54) is 25.4 Å². The predicted molar refractivity (Wildman–Crippen MR) is 70.4 cm³/mol. The third-order valence-corrected chi connectivity index (χ3v) is 3.56. The Morgan fingerprint density at radius 1 is 1.26 bits per heavy atom. The number of carbonyl (C=O) groups excluding carboxylic acids is 3. The van der Waals surface area contributed by atoms with Gasteiger partial charge in [0.05, 0.1) is 12.7 Å². The number of amides is 1. The summed E-state index contributed by atoms with van der Waals surface area (Å²) < 4.78 is 9.26. The van der Waals surface area contributed by atoms with Gasteiger partial charge in [0.25, 0.3) is 5.91 Å². The minimum atomic E-state index is -0.540. The first-order chi connectivity index (χ1) is 8.86. The second kappa shape index (κ2) is 6.33. The van der Waals surface area contributed by atoms with Gasteiger partial charge in [0.15, 0.2) is 6.61 Å². The smallest absolute Gasteiger partial charge is 0.341 e. The highest BCUT2D eigenvalue weighted by Crippen LogP contribution is 2.32. The molecule has 1 amide bonds. The molecule has 0 unspecified atom stereocenters. The van der Waals surface area contributed by atoms with Crippen molar-refractivity contribution in [3.05, 3.63) is 16.0 Å². The molecule has 104 valence electrons. The molecule has 0 fully saturated rings. The van der Waals surface area contributed by atoms with Gasteiger partial charge in [0.1, 0.15) is 5.00 Å². The third kappa shape index (κ3) is 3.78. The zero-order valence-corrected chi connectivity index (χ0v) is 12.0. The molecule has 7 heteroatoms. The van der Waals surface area contributed by atoms with Crippen molar-refractivity contribution in [2.75, 3.05) is 19.0 Å². The molecule has 1 aromatic rings. The lowest BCUT2D eigenvalue weighted by molar-refractivity contribution is -0.144. The van der Waals surface area contributed by atoms with Crippen molar-refractivity contribution in [2.24, 2.45) is 0 Å². The summed E-state index contributed by atoms with van der Waals surface area (Å²) in [5, 5.41) is 2.95. The number of hydrogen-bond donors (Lipinski definition) is 1. The van der Waals surface area contributed by atoms with Gasteiger partial charge in [0.2, 0.25) is 0 Å². The van der Waals surface area contributed by atoms with Crippen LogP contribution in [0.3, 0.4) is 0 Å². The zero-order chi connectivity index (χ0) is 14.6. The monoisotopic (exact) mass is 285 g/mol.